The minimum absolute atomic E-state index is 0.143. The van der Waals surface area contributed by atoms with Gasteiger partial charge in [-0.05, 0) is 25.7 Å². The highest BCUT2D eigenvalue weighted by molar-refractivity contribution is 7.90. The molecule has 5 heteroatoms. The molecule has 0 saturated heterocycles. The molecule has 1 atom stereocenters. The summed E-state index contributed by atoms with van der Waals surface area (Å²) in [6.07, 6.45) is 7.99. The van der Waals surface area contributed by atoms with Crippen molar-refractivity contribution >= 4 is 9.84 Å². The van der Waals surface area contributed by atoms with Gasteiger partial charge in [-0.25, -0.2) is 8.42 Å². The lowest BCUT2D eigenvalue weighted by Crippen LogP contribution is -2.44. The molecule has 0 amide bonds. The molecule has 0 radical (unpaired) electrons. The molecule has 0 aliphatic heterocycles. The number of aliphatic hydroxyl groups is 1. The number of methoxy groups -OCH3 is 1. The predicted octanol–water partition coefficient (Wildman–Crippen LogP) is 1.91. The molecule has 0 aromatic carbocycles. The Bertz CT molecular complexity index is 329. The molecule has 0 aromatic heterocycles. The third-order valence-electron chi connectivity index (χ3n) is 3.96. The Kier molecular flexibility index (Phi) is 6.08. The summed E-state index contributed by atoms with van der Waals surface area (Å²) < 4.78 is 27.8. The SMILES string of the molecule is COC1(C(O)CCCS(C)(=O)=O)CCCCCC1. The highest BCUT2D eigenvalue weighted by Gasteiger charge is 2.37. The van der Waals surface area contributed by atoms with E-state index in [0.717, 1.165) is 25.7 Å². The summed E-state index contributed by atoms with van der Waals surface area (Å²) in [5, 5.41) is 10.3. The number of rotatable bonds is 6. The highest BCUT2D eigenvalue weighted by Crippen LogP contribution is 2.34. The molecule has 4 nitrogen and oxygen atoms in total. The Balaban J connectivity index is 2.52. The molecule has 1 saturated carbocycles. The normalized spacial score (nSPS) is 22.4. The molecule has 18 heavy (non-hydrogen) atoms. The largest absolute Gasteiger partial charge is 0.390 e. The standard InChI is InChI=1S/C13H26O4S/c1-17-13(9-5-3-4-6-10-13)12(14)8-7-11-18(2,15)16/h12,14H,3-11H2,1-2H3. The van der Waals surface area contributed by atoms with E-state index in [4.69, 9.17) is 4.74 Å². The average molecular weight is 278 g/mol. The van der Waals surface area contributed by atoms with Crippen molar-refractivity contribution in [1.29, 1.82) is 0 Å². The van der Waals surface area contributed by atoms with Crippen molar-refractivity contribution < 1.29 is 18.3 Å². The first-order valence-corrected chi connectivity index (χ1v) is 8.87. The van der Waals surface area contributed by atoms with E-state index in [1.165, 1.54) is 19.1 Å². The third kappa shape index (κ3) is 4.86. The van der Waals surface area contributed by atoms with Gasteiger partial charge in [-0.3, -0.25) is 0 Å². The van der Waals surface area contributed by atoms with Crippen molar-refractivity contribution in [2.75, 3.05) is 19.1 Å². The van der Waals surface area contributed by atoms with E-state index in [2.05, 4.69) is 0 Å². The molecular formula is C13H26O4S. The van der Waals surface area contributed by atoms with E-state index in [0.29, 0.717) is 12.8 Å². The quantitative estimate of drug-likeness (QED) is 0.754. The molecule has 1 rings (SSSR count). The summed E-state index contributed by atoms with van der Waals surface area (Å²) in [5.41, 5.74) is -0.450. The van der Waals surface area contributed by atoms with Gasteiger partial charge in [-0.2, -0.15) is 0 Å². The predicted molar refractivity (Wildman–Crippen MR) is 72.4 cm³/mol. The second kappa shape index (κ2) is 6.87. The highest BCUT2D eigenvalue weighted by atomic mass is 32.2. The zero-order chi connectivity index (χ0) is 13.6. The van der Waals surface area contributed by atoms with Crippen LogP contribution in [0.2, 0.25) is 0 Å². The lowest BCUT2D eigenvalue weighted by Gasteiger charge is -2.36. The van der Waals surface area contributed by atoms with Crippen molar-refractivity contribution in [2.45, 2.75) is 63.1 Å². The Labute approximate surface area is 111 Å². The van der Waals surface area contributed by atoms with Crippen LogP contribution < -0.4 is 0 Å². The molecule has 0 aromatic rings. The number of sulfone groups is 1. The van der Waals surface area contributed by atoms with Gasteiger partial charge in [-0.15, -0.1) is 0 Å². The molecular weight excluding hydrogens is 252 g/mol. The van der Waals surface area contributed by atoms with Crippen LogP contribution in [0.1, 0.15) is 51.4 Å². The number of hydrogen-bond acceptors (Lipinski definition) is 4. The first-order chi connectivity index (χ1) is 8.40. The summed E-state index contributed by atoms with van der Waals surface area (Å²) in [5.74, 6) is 0.143. The average Bonchev–Trinajstić information content (AvgIpc) is 2.53. The van der Waals surface area contributed by atoms with Gasteiger partial charge in [0.2, 0.25) is 0 Å². The number of aliphatic hydroxyl groups excluding tert-OH is 1. The maximum absolute atomic E-state index is 11.1. The number of hydrogen-bond donors (Lipinski definition) is 1. The first-order valence-electron chi connectivity index (χ1n) is 6.80. The molecule has 0 bridgehead atoms. The van der Waals surface area contributed by atoms with Crippen LogP contribution in [0.5, 0.6) is 0 Å². The summed E-state index contributed by atoms with van der Waals surface area (Å²) >= 11 is 0. The van der Waals surface area contributed by atoms with Crippen molar-refractivity contribution in [3.63, 3.8) is 0 Å². The van der Waals surface area contributed by atoms with Crippen LogP contribution in [0.4, 0.5) is 0 Å². The maximum atomic E-state index is 11.1. The zero-order valence-corrected chi connectivity index (χ0v) is 12.3. The Morgan fingerprint density at radius 3 is 2.22 bits per heavy atom. The Morgan fingerprint density at radius 1 is 1.22 bits per heavy atom. The van der Waals surface area contributed by atoms with Crippen molar-refractivity contribution in [1.82, 2.24) is 0 Å². The van der Waals surface area contributed by atoms with Crippen molar-refractivity contribution in [2.24, 2.45) is 0 Å². The van der Waals surface area contributed by atoms with Gasteiger partial charge < -0.3 is 9.84 Å². The summed E-state index contributed by atoms with van der Waals surface area (Å²) in [6.45, 7) is 0. The van der Waals surface area contributed by atoms with Crippen LogP contribution in [-0.4, -0.2) is 44.3 Å². The maximum Gasteiger partial charge on any atom is 0.147 e. The van der Waals surface area contributed by atoms with Gasteiger partial charge in [0, 0.05) is 19.1 Å². The summed E-state index contributed by atoms with van der Waals surface area (Å²) in [7, 11) is -1.28. The zero-order valence-electron chi connectivity index (χ0n) is 11.5. The minimum Gasteiger partial charge on any atom is -0.390 e. The van der Waals surface area contributed by atoms with Gasteiger partial charge in [0.1, 0.15) is 9.84 Å². The van der Waals surface area contributed by atoms with Crippen LogP contribution in [0.15, 0.2) is 0 Å². The molecule has 108 valence electrons. The Hall–Kier alpha value is -0.130. The van der Waals surface area contributed by atoms with Gasteiger partial charge in [0.25, 0.3) is 0 Å². The van der Waals surface area contributed by atoms with Crippen molar-refractivity contribution in [3.8, 4) is 0 Å². The smallest absolute Gasteiger partial charge is 0.147 e. The third-order valence-corrected chi connectivity index (χ3v) is 4.99. The van der Waals surface area contributed by atoms with E-state index in [-0.39, 0.29) is 5.75 Å². The van der Waals surface area contributed by atoms with E-state index in [1.54, 1.807) is 7.11 Å². The van der Waals surface area contributed by atoms with Crippen molar-refractivity contribution in [3.05, 3.63) is 0 Å². The Morgan fingerprint density at radius 2 is 1.78 bits per heavy atom. The molecule has 0 spiro atoms. The second-order valence-electron chi connectivity index (χ2n) is 5.47. The minimum atomic E-state index is -2.94. The van der Waals surface area contributed by atoms with Gasteiger partial charge >= 0.3 is 0 Å². The first kappa shape index (κ1) is 15.9. The molecule has 1 fully saturated rings. The van der Waals surface area contributed by atoms with Gasteiger partial charge in [0.05, 0.1) is 11.7 Å². The van der Waals surface area contributed by atoms with Crippen LogP contribution in [0, 0.1) is 0 Å². The summed E-state index contributed by atoms with van der Waals surface area (Å²) in [6, 6.07) is 0. The molecule has 0 heterocycles. The molecule has 1 aliphatic rings. The van der Waals surface area contributed by atoms with E-state index < -0.39 is 21.5 Å². The fourth-order valence-electron chi connectivity index (χ4n) is 2.80. The fraction of sp³-hybridized carbons (Fsp3) is 1.00. The van der Waals surface area contributed by atoms with Gasteiger partial charge in [0.15, 0.2) is 0 Å². The van der Waals surface area contributed by atoms with E-state index in [1.807, 2.05) is 0 Å². The monoisotopic (exact) mass is 278 g/mol. The molecule has 1 N–H and O–H groups in total. The lowest BCUT2D eigenvalue weighted by atomic mass is 9.86. The number of ether oxygens (including phenoxy) is 1. The van der Waals surface area contributed by atoms with Crippen LogP contribution in [0.3, 0.4) is 0 Å². The van der Waals surface area contributed by atoms with E-state index >= 15 is 0 Å². The molecule has 1 aliphatic carbocycles. The topological polar surface area (TPSA) is 63.6 Å². The van der Waals surface area contributed by atoms with E-state index in [9.17, 15) is 13.5 Å². The summed E-state index contributed by atoms with van der Waals surface area (Å²) in [4.78, 5) is 0. The second-order valence-corrected chi connectivity index (χ2v) is 7.73. The fourth-order valence-corrected chi connectivity index (χ4v) is 3.49. The van der Waals surface area contributed by atoms with Crippen LogP contribution in [0.25, 0.3) is 0 Å². The van der Waals surface area contributed by atoms with Crippen LogP contribution >= 0.6 is 0 Å². The van der Waals surface area contributed by atoms with Gasteiger partial charge in [-0.1, -0.05) is 25.7 Å². The lowest BCUT2D eigenvalue weighted by molar-refractivity contribution is -0.114. The van der Waals surface area contributed by atoms with Crippen LogP contribution in [-0.2, 0) is 14.6 Å². The molecule has 1 unspecified atom stereocenters.